The van der Waals surface area contributed by atoms with Crippen LogP contribution in [0, 0.1) is 12.7 Å². The summed E-state index contributed by atoms with van der Waals surface area (Å²) < 4.78 is 26.0. The van der Waals surface area contributed by atoms with Crippen LogP contribution in [0.25, 0.3) is 11.3 Å². The van der Waals surface area contributed by atoms with Crippen LogP contribution in [-0.2, 0) is 6.54 Å². The van der Waals surface area contributed by atoms with Gasteiger partial charge in [-0.25, -0.2) is 14.2 Å². The summed E-state index contributed by atoms with van der Waals surface area (Å²) in [5.41, 5.74) is 1.77. The van der Waals surface area contributed by atoms with Crippen molar-refractivity contribution in [3.8, 4) is 17.1 Å². The number of carbonyl (C=O) groups excluding carboxylic acids is 1. The molecular weight excluding hydrogens is 470 g/mol. The molecule has 7 nitrogen and oxygen atoms in total. The third-order valence-electron chi connectivity index (χ3n) is 5.49. The second-order valence-electron chi connectivity index (χ2n) is 7.63. The van der Waals surface area contributed by atoms with Crippen LogP contribution in [0.4, 0.5) is 14.9 Å². The summed E-state index contributed by atoms with van der Waals surface area (Å²) in [4.78, 5) is 20.2. The van der Waals surface area contributed by atoms with E-state index in [1.54, 1.807) is 36.2 Å². The summed E-state index contributed by atoms with van der Waals surface area (Å²) in [5.74, 6) is 1.03. The average Bonchev–Trinajstić information content (AvgIpc) is 3.25. The Morgan fingerprint density at radius 2 is 1.94 bits per heavy atom. The van der Waals surface area contributed by atoms with Crippen molar-refractivity contribution >= 4 is 34.9 Å². The number of halogens is 3. The summed E-state index contributed by atoms with van der Waals surface area (Å²) >= 11 is 11.9. The molecule has 33 heavy (non-hydrogen) atoms. The van der Waals surface area contributed by atoms with E-state index in [-0.39, 0.29) is 6.03 Å². The Kier molecular flexibility index (Phi) is 6.95. The van der Waals surface area contributed by atoms with Gasteiger partial charge in [0.25, 0.3) is 0 Å². The topological polar surface area (TPSA) is 70.8 Å². The highest BCUT2D eigenvalue weighted by molar-refractivity contribution is 6.42. The number of carbonyl (C=O) groups is 1. The van der Waals surface area contributed by atoms with E-state index in [1.807, 2.05) is 11.0 Å². The summed E-state index contributed by atoms with van der Waals surface area (Å²) in [6, 6.07) is 8.10. The number of methoxy groups -OCH3 is 1. The maximum Gasteiger partial charge on any atom is 0.317 e. The van der Waals surface area contributed by atoms with Crippen LogP contribution in [0.2, 0.25) is 10.0 Å². The molecule has 0 spiro atoms. The maximum atomic E-state index is 15.0. The number of benzene rings is 2. The van der Waals surface area contributed by atoms with Crippen molar-refractivity contribution in [3.63, 3.8) is 0 Å². The molecule has 1 saturated heterocycles. The van der Waals surface area contributed by atoms with Gasteiger partial charge in [-0.05, 0) is 23.8 Å². The Bertz CT molecular complexity index is 1160. The van der Waals surface area contributed by atoms with Gasteiger partial charge in [0.1, 0.15) is 11.6 Å². The van der Waals surface area contributed by atoms with Crippen molar-refractivity contribution in [1.29, 1.82) is 0 Å². The highest BCUT2D eigenvalue weighted by Gasteiger charge is 2.25. The molecule has 10 heteroatoms. The van der Waals surface area contributed by atoms with Gasteiger partial charge >= 0.3 is 6.03 Å². The Labute approximate surface area is 201 Å². The number of ether oxygens (including phenoxy) is 1. The molecule has 4 rings (SSSR count). The minimum Gasteiger partial charge on any atom is -0.496 e. The van der Waals surface area contributed by atoms with E-state index in [1.165, 1.54) is 13.2 Å². The first-order valence-corrected chi connectivity index (χ1v) is 11.1. The van der Waals surface area contributed by atoms with Crippen molar-refractivity contribution in [1.82, 2.24) is 15.2 Å². The van der Waals surface area contributed by atoms with Crippen molar-refractivity contribution in [2.75, 3.05) is 38.2 Å². The lowest BCUT2D eigenvalue weighted by Crippen LogP contribution is -2.51. The first-order valence-electron chi connectivity index (χ1n) is 10.4. The molecule has 1 fully saturated rings. The Balaban J connectivity index is 1.39. The van der Waals surface area contributed by atoms with Gasteiger partial charge in [0.2, 0.25) is 0 Å². The van der Waals surface area contributed by atoms with Crippen LogP contribution in [0.1, 0.15) is 11.5 Å². The third-order valence-corrected chi connectivity index (χ3v) is 6.23. The van der Waals surface area contributed by atoms with Crippen molar-refractivity contribution in [3.05, 3.63) is 63.8 Å². The van der Waals surface area contributed by atoms with E-state index in [9.17, 15) is 9.18 Å². The lowest BCUT2D eigenvalue weighted by atomic mass is 10.1. The molecule has 2 amide bonds. The number of piperazine rings is 1. The molecule has 1 aromatic heterocycles. The predicted molar refractivity (Wildman–Crippen MR) is 126 cm³/mol. The summed E-state index contributed by atoms with van der Waals surface area (Å²) in [7, 11) is 1.53. The molecule has 0 aliphatic carbocycles. The van der Waals surface area contributed by atoms with Crippen LogP contribution in [0.15, 0.2) is 40.9 Å². The molecule has 0 saturated carbocycles. The van der Waals surface area contributed by atoms with Crippen LogP contribution in [-0.4, -0.2) is 49.2 Å². The summed E-state index contributed by atoms with van der Waals surface area (Å²) in [6.07, 6.45) is 1.54. The highest BCUT2D eigenvalue weighted by Crippen LogP contribution is 2.36. The van der Waals surface area contributed by atoms with E-state index in [4.69, 9.17) is 32.4 Å². The average molecular weight is 493 g/mol. The van der Waals surface area contributed by atoms with Crippen LogP contribution < -0.4 is 15.0 Å². The third kappa shape index (κ3) is 5.17. The molecule has 3 aromatic rings. The van der Waals surface area contributed by atoms with E-state index >= 15 is 0 Å². The van der Waals surface area contributed by atoms with Crippen molar-refractivity contribution in [2.24, 2.45) is 0 Å². The fourth-order valence-electron chi connectivity index (χ4n) is 3.72. The minimum atomic E-state index is -0.391. The van der Waals surface area contributed by atoms with Gasteiger partial charge in [-0.2, -0.15) is 0 Å². The molecule has 2 aromatic carbocycles. The van der Waals surface area contributed by atoms with Crippen LogP contribution in [0.3, 0.4) is 0 Å². The van der Waals surface area contributed by atoms with Crippen LogP contribution in [0.5, 0.6) is 5.75 Å². The van der Waals surface area contributed by atoms with Crippen molar-refractivity contribution < 1.29 is 18.3 Å². The lowest BCUT2D eigenvalue weighted by Gasteiger charge is -2.36. The van der Waals surface area contributed by atoms with E-state index in [0.717, 1.165) is 5.56 Å². The van der Waals surface area contributed by atoms with Gasteiger partial charge in [0, 0.05) is 45.7 Å². The zero-order valence-electron chi connectivity index (χ0n) is 18.2. The summed E-state index contributed by atoms with van der Waals surface area (Å²) in [6.45, 7) is 3.95. The van der Waals surface area contributed by atoms with E-state index < -0.39 is 5.82 Å². The number of urea groups is 1. The second-order valence-corrected chi connectivity index (χ2v) is 8.44. The van der Waals surface area contributed by atoms with Gasteiger partial charge in [-0.1, -0.05) is 29.3 Å². The number of anilines is 1. The predicted octanol–water partition coefficient (Wildman–Crippen LogP) is 5.14. The molecule has 0 radical (unpaired) electrons. The van der Waals surface area contributed by atoms with Gasteiger partial charge in [0.15, 0.2) is 11.7 Å². The van der Waals surface area contributed by atoms with Gasteiger partial charge in [-0.15, -0.1) is 0 Å². The smallest absolute Gasteiger partial charge is 0.317 e. The standard InChI is InChI=1S/C23H23Cl2FN4O3/c1-14-27-13-22(33-14)16-10-19(26)20(11-21(16)32-2)29-5-7-30(8-6-29)23(31)28-12-15-3-4-17(24)18(25)9-15/h3-4,9-11,13H,5-8,12H2,1-2H3,(H,28,31). The Morgan fingerprint density at radius 3 is 2.58 bits per heavy atom. The molecule has 0 bridgehead atoms. The Morgan fingerprint density at radius 1 is 1.18 bits per heavy atom. The van der Waals surface area contributed by atoms with Crippen LogP contribution >= 0.6 is 23.2 Å². The monoisotopic (exact) mass is 492 g/mol. The van der Waals surface area contributed by atoms with Gasteiger partial charge in [-0.3, -0.25) is 0 Å². The zero-order valence-corrected chi connectivity index (χ0v) is 19.7. The number of aryl methyl sites for hydroxylation is 1. The molecule has 174 valence electrons. The molecule has 1 aliphatic rings. The molecular formula is C23H23Cl2FN4O3. The SMILES string of the molecule is COc1cc(N2CCN(C(=O)NCc3ccc(Cl)c(Cl)c3)CC2)c(F)cc1-c1cnc(C)o1. The number of hydrogen-bond acceptors (Lipinski definition) is 5. The minimum absolute atomic E-state index is 0.185. The van der Waals surface area contributed by atoms with E-state index in [2.05, 4.69) is 10.3 Å². The number of rotatable bonds is 5. The normalized spacial score (nSPS) is 13.8. The molecule has 0 atom stereocenters. The fraction of sp³-hybridized carbons (Fsp3) is 0.304. The van der Waals surface area contributed by atoms with Crippen molar-refractivity contribution in [2.45, 2.75) is 13.5 Å². The summed E-state index contributed by atoms with van der Waals surface area (Å²) in [5, 5.41) is 3.80. The van der Waals surface area contributed by atoms with Gasteiger partial charge in [0.05, 0.1) is 34.6 Å². The first kappa shape index (κ1) is 23.2. The molecule has 0 unspecified atom stereocenters. The Hall–Kier alpha value is -2.97. The first-order chi connectivity index (χ1) is 15.9. The number of oxazole rings is 1. The fourth-order valence-corrected chi connectivity index (χ4v) is 4.04. The maximum absolute atomic E-state index is 15.0. The number of amides is 2. The second kappa shape index (κ2) is 9.89. The zero-order chi connectivity index (χ0) is 23.5. The number of nitrogens with one attached hydrogen (secondary N) is 1. The highest BCUT2D eigenvalue weighted by atomic mass is 35.5. The number of hydrogen-bond donors (Lipinski definition) is 1. The van der Waals surface area contributed by atoms with Gasteiger partial charge < -0.3 is 24.3 Å². The number of aromatic nitrogens is 1. The quantitative estimate of drug-likeness (QED) is 0.534. The van der Waals surface area contributed by atoms with E-state index in [0.29, 0.717) is 71.4 Å². The molecule has 1 aliphatic heterocycles. The number of nitrogens with zero attached hydrogens (tertiary/aromatic N) is 3. The lowest BCUT2D eigenvalue weighted by molar-refractivity contribution is 0.194. The largest absolute Gasteiger partial charge is 0.496 e. The molecule has 1 N–H and O–H groups in total. The molecule has 2 heterocycles.